The predicted molar refractivity (Wildman–Crippen MR) is 120 cm³/mol. The van der Waals surface area contributed by atoms with E-state index in [4.69, 9.17) is 14.2 Å². The van der Waals surface area contributed by atoms with Gasteiger partial charge < -0.3 is 29.4 Å². The highest BCUT2D eigenvalue weighted by molar-refractivity contribution is 5.81. The van der Waals surface area contributed by atoms with Gasteiger partial charge >= 0.3 is 0 Å². The van der Waals surface area contributed by atoms with Gasteiger partial charge in [0.2, 0.25) is 11.8 Å². The van der Waals surface area contributed by atoms with Crippen LogP contribution in [0.4, 0.5) is 17.5 Å². The van der Waals surface area contributed by atoms with Gasteiger partial charge in [0.25, 0.3) is 0 Å². The van der Waals surface area contributed by atoms with E-state index in [0.717, 1.165) is 28.2 Å². The SMILES string of the molecule is CNc1nc2cnc(Nc3ccc(OC)nc3)cc2n1Cc1ccc(OC)c(OC)c1. The predicted octanol–water partition coefficient (Wildman–Crippen LogP) is 3.69. The highest BCUT2D eigenvalue weighted by atomic mass is 16.5. The summed E-state index contributed by atoms with van der Waals surface area (Å²) in [5.41, 5.74) is 3.60. The summed E-state index contributed by atoms with van der Waals surface area (Å²) in [4.78, 5) is 13.3. The Hall–Kier alpha value is -4.01. The van der Waals surface area contributed by atoms with Gasteiger partial charge in [0.1, 0.15) is 11.3 Å². The van der Waals surface area contributed by atoms with Crippen molar-refractivity contribution in [2.24, 2.45) is 0 Å². The molecule has 4 rings (SSSR count). The van der Waals surface area contributed by atoms with Crippen LogP contribution in [0, 0.1) is 0 Å². The van der Waals surface area contributed by atoms with Crippen LogP contribution >= 0.6 is 0 Å². The second-order valence-corrected chi connectivity index (χ2v) is 6.73. The van der Waals surface area contributed by atoms with Gasteiger partial charge in [0.05, 0.1) is 51.5 Å². The average molecular weight is 420 g/mol. The van der Waals surface area contributed by atoms with Crippen molar-refractivity contribution in [2.45, 2.75) is 6.54 Å². The van der Waals surface area contributed by atoms with Crippen molar-refractivity contribution in [1.82, 2.24) is 19.5 Å². The van der Waals surface area contributed by atoms with Crippen LogP contribution in [-0.4, -0.2) is 47.9 Å². The summed E-state index contributed by atoms with van der Waals surface area (Å²) in [7, 11) is 6.69. The third kappa shape index (κ3) is 4.16. The lowest BCUT2D eigenvalue weighted by Crippen LogP contribution is -2.05. The molecule has 0 aliphatic rings. The summed E-state index contributed by atoms with van der Waals surface area (Å²) in [6.45, 7) is 0.598. The third-order valence-electron chi connectivity index (χ3n) is 4.86. The van der Waals surface area contributed by atoms with Crippen LogP contribution in [0.3, 0.4) is 0 Å². The first-order valence-electron chi connectivity index (χ1n) is 9.67. The van der Waals surface area contributed by atoms with E-state index in [-0.39, 0.29) is 0 Å². The number of benzene rings is 1. The number of nitrogens with one attached hydrogen (secondary N) is 2. The van der Waals surface area contributed by atoms with Gasteiger partial charge in [-0.2, -0.15) is 0 Å². The zero-order chi connectivity index (χ0) is 21.8. The number of pyridine rings is 2. The maximum absolute atomic E-state index is 5.44. The third-order valence-corrected chi connectivity index (χ3v) is 4.86. The summed E-state index contributed by atoms with van der Waals surface area (Å²) in [6.07, 6.45) is 3.45. The van der Waals surface area contributed by atoms with Crippen molar-refractivity contribution in [3.8, 4) is 17.4 Å². The Labute approximate surface area is 180 Å². The summed E-state index contributed by atoms with van der Waals surface area (Å²) in [5, 5.41) is 6.43. The van der Waals surface area contributed by atoms with Crippen molar-refractivity contribution < 1.29 is 14.2 Å². The first-order valence-corrected chi connectivity index (χ1v) is 9.67. The molecule has 0 amide bonds. The second-order valence-electron chi connectivity index (χ2n) is 6.73. The number of rotatable bonds is 8. The van der Waals surface area contributed by atoms with Crippen molar-refractivity contribution in [3.63, 3.8) is 0 Å². The number of hydrogen-bond donors (Lipinski definition) is 2. The zero-order valence-corrected chi connectivity index (χ0v) is 17.8. The number of nitrogens with zero attached hydrogens (tertiary/aromatic N) is 4. The highest BCUT2D eigenvalue weighted by Crippen LogP contribution is 2.30. The molecule has 3 heterocycles. The number of ether oxygens (including phenoxy) is 3. The molecule has 9 nitrogen and oxygen atoms in total. The lowest BCUT2D eigenvalue weighted by atomic mass is 10.2. The molecule has 0 atom stereocenters. The maximum Gasteiger partial charge on any atom is 0.213 e. The highest BCUT2D eigenvalue weighted by Gasteiger charge is 2.13. The molecule has 0 saturated carbocycles. The quantitative estimate of drug-likeness (QED) is 0.446. The lowest BCUT2D eigenvalue weighted by Gasteiger charge is -2.12. The molecule has 0 fully saturated rings. The molecule has 0 aliphatic carbocycles. The fourth-order valence-corrected chi connectivity index (χ4v) is 3.33. The zero-order valence-electron chi connectivity index (χ0n) is 17.8. The van der Waals surface area contributed by atoms with E-state index in [2.05, 4.69) is 30.2 Å². The van der Waals surface area contributed by atoms with E-state index in [1.54, 1.807) is 39.8 Å². The van der Waals surface area contributed by atoms with Gasteiger partial charge in [-0.1, -0.05) is 6.07 Å². The smallest absolute Gasteiger partial charge is 0.213 e. The van der Waals surface area contributed by atoms with Crippen LogP contribution in [-0.2, 0) is 6.54 Å². The second kappa shape index (κ2) is 8.78. The normalized spacial score (nSPS) is 10.7. The largest absolute Gasteiger partial charge is 0.493 e. The molecule has 0 unspecified atom stereocenters. The van der Waals surface area contributed by atoms with Gasteiger partial charge in [-0.3, -0.25) is 0 Å². The van der Waals surface area contributed by atoms with Crippen LogP contribution in [0.2, 0.25) is 0 Å². The summed E-state index contributed by atoms with van der Waals surface area (Å²) >= 11 is 0. The molecule has 0 aliphatic heterocycles. The summed E-state index contributed by atoms with van der Waals surface area (Å²) in [5.74, 6) is 3.37. The Bertz CT molecular complexity index is 1190. The molecule has 31 heavy (non-hydrogen) atoms. The van der Waals surface area contributed by atoms with Crippen molar-refractivity contribution >= 4 is 28.5 Å². The van der Waals surface area contributed by atoms with Gasteiger partial charge in [-0.15, -0.1) is 0 Å². The molecule has 1 aromatic carbocycles. The fraction of sp³-hybridized carbons (Fsp3) is 0.227. The Morgan fingerprint density at radius 2 is 1.74 bits per heavy atom. The lowest BCUT2D eigenvalue weighted by molar-refractivity contribution is 0.354. The Kier molecular flexibility index (Phi) is 5.74. The Morgan fingerprint density at radius 3 is 2.42 bits per heavy atom. The molecular weight excluding hydrogens is 396 g/mol. The Morgan fingerprint density at radius 1 is 0.903 bits per heavy atom. The number of aromatic nitrogens is 4. The minimum Gasteiger partial charge on any atom is -0.493 e. The fourth-order valence-electron chi connectivity index (χ4n) is 3.33. The maximum atomic E-state index is 5.44. The van der Waals surface area contributed by atoms with Crippen LogP contribution in [0.25, 0.3) is 11.0 Å². The minimum absolute atomic E-state index is 0.556. The van der Waals surface area contributed by atoms with E-state index in [1.165, 1.54) is 0 Å². The molecule has 9 heteroatoms. The van der Waals surface area contributed by atoms with E-state index in [0.29, 0.717) is 29.7 Å². The molecule has 0 bridgehead atoms. The number of hydrogen-bond acceptors (Lipinski definition) is 8. The van der Waals surface area contributed by atoms with Gasteiger partial charge in [-0.25, -0.2) is 15.0 Å². The average Bonchev–Trinajstić information content (AvgIpc) is 3.16. The molecule has 160 valence electrons. The minimum atomic E-state index is 0.556. The number of methoxy groups -OCH3 is 3. The number of fused-ring (bicyclic) bond motifs is 1. The summed E-state index contributed by atoms with van der Waals surface area (Å²) in [6, 6.07) is 11.5. The first-order chi connectivity index (χ1) is 15.1. The first kappa shape index (κ1) is 20.3. The molecule has 4 aromatic rings. The van der Waals surface area contributed by atoms with Crippen LogP contribution in [0.1, 0.15) is 5.56 Å². The van der Waals surface area contributed by atoms with E-state index >= 15 is 0 Å². The van der Waals surface area contributed by atoms with Crippen molar-refractivity contribution in [2.75, 3.05) is 39.0 Å². The molecular formula is C22H24N6O3. The number of anilines is 3. The van der Waals surface area contributed by atoms with E-state index in [1.807, 2.05) is 37.4 Å². The molecule has 2 N–H and O–H groups in total. The molecule has 0 spiro atoms. The van der Waals surface area contributed by atoms with E-state index in [9.17, 15) is 0 Å². The monoisotopic (exact) mass is 420 g/mol. The summed E-state index contributed by atoms with van der Waals surface area (Å²) < 4.78 is 18.0. The van der Waals surface area contributed by atoms with Crippen LogP contribution in [0.15, 0.2) is 48.8 Å². The van der Waals surface area contributed by atoms with Gasteiger partial charge in [0.15, 0.2) is 11.5 Å². The number of imidazole rings is 1. The van der Waals surface area contributed by atoms with Gasteiger partial charge in [0, 0.05) is 19.2 Å². The molecule has 0 saturated heterocycles. The van der Waals surface area contributed by atoms with Crippen molar-refractivity contribution in [1.29, 1.82) is 0 Å². The van der Waals surface area contributed by atoms with Crippen LogP contribution in [0.5, 0.6) is 17.4 Å². The molecule has 0 radical (unpaired) electrons. The standard InChI is InChI=1S/C22H24N6O3/c1-23-22-27-16-12-24-20(26-15-6-8-21(31-4)25-11-15)10-17(16)28(22)13-14-5-7-18(29-2)19(9-14)30-3/h5-12H,13H2,1-4H3,(H,23,27)(H,24,26). The topological polar surface area (TPSA) is 95.4 Å². The van der Waals surface area contributed by atoms with Crippen molar-refractivity contribution in [3.05, 3.63) is 54.4 Å². The van der Waals surface area contributed by atoms with Crippen LogP contribution < -0.4 is 24.8 Å². The Balaban J connectivity index is 1.68. The van der Waals surface area contributed by atoms with E-state index < -0.39 is 0 Å². The molecule has 3 aromatic heterocycles. The van der Waals surface area contributed by atoms with Gasteiger partial charge in [-0.05, 0) is 23.8 Å².